The normalized spacial score (nSPS) is 12.4. The molecule has 0 bridgehead atoms. The molecule has 0 amide bonds. The molecular weight excluding hydrogens is 805 g/mol. The Labute approximate surface area is 403 Å². The van der Waals surface area contributed by atoms with Crippen LogP contribution in [0, 0.1) is 0 Å². The first-order valence-electron chi connectivity index (χ1n) is 28.1. The summed E-state index contributed by atoms with van der Waals surface area (Å²) in [5.74, 6) is -0.876. The number of esters is 3. The molecule has 0 N–H and O–H groups in total. The molecule has 65 heavy (non-hydrogen) atoms. The molecule has 0 fully saturated rings. The van der Waals surface area contributed by atoms with Gasteiger partial charge in [-0.3, -0.25) is 14.4 Å². The fraction of sp³-hybridized carbons (Fsp3) is 0.814. The van der Waals surface area contributed by atoms with E-state index in [1.807, 2.05) is 0 Å². The van der Waals surface area contributed by atoms with Crippen LogP contribution in [0.2, 0.25) is 0 Å². The first-order valence-corrected chi connectivity index (χ1v) is 28.1. The van der Waals surface area contributed by atoms with Crippen LogP contribution in [0.15, 0.2) is 48.6 Å². The Morgan fingerprint density at radius 3 is 0.877 bits per heavy atom. The van der Waals surface area contributed by atoms with Crippen molar-refractivity contribution in [2.45, 2.75) is 297 Å². The van der Waals surface area contributed by atoms with Gasteiger partial charge in [0.25, 0.3) is 0 Å². The van der Waals surface area contributed by atoms with Crippen molar-refractivity contribution in [1.29, 1.82) is 0 Å². The molecule has 0 aliphatic carbocycles. The van der Waals surface area contributed by atoms with E-state index in [1.165, 1.54) is 173 Å². The van der Waals surface area contributed by atoms with Crippen molar-refractivity contribution in [3.63, 3.8) is 0 Å². The van der Waals surface area contributed by atoms with Gasteiger partial charge in [0.15, 0.2) is 6.10 Å². The number of allylic oxidation sites excluding steroid dienone is 8. The zero-order valence-corrected chi connectivity index (χ0v) is 43.3. The lowest BCUT2D eigenvalue weighted by Gasteiger charge is -2.18. The minimum atomic E-state index is -0.776. The van der Waals surface area contributed by atoms with Crippen molar-refractivity contribution in [1.82, 2.24) is 0 Å². The molecule has 0 aromatic heterocycles. The predicted molar refractivity (Wildman–Crippen MR) is 279 cm³/mol. The fourth-order valence-corrected chi connectivity index (χ4v) is 8.03. The van der Waals surface area contributed by atoms with E-state index in [4.69, 9.17) is 14.2 Å². The quantitative estimate of drug-likeness (QED) is 0.0262. The van der Waals surface area contributed by atoms with E-state index < -0.39 is 6.10 Å². The minimum absolute atomic E-state index is 0.0750. The van der Waals surface area contributed by atoms with Gasteiger partial charge in [-0.25, -0.2) is 0 Å². The van der Waals surface area contributed by atoms with Gasteiger partial charge in [0.1, 0.15) is 13.2 Å². The zero-order valence-electron chi connectivity index (χ0n) is 43.3. The maximum atomic E-state index is 12.8. The second kappa shape index (κ2) is 54.0. The van der Waals surface area contributed by atoms with Gasteiger partial charge in [-0.15, -0.1) is 0 Å². The summed E-state index contributed by atoms with van der Waals surface area (Å²) in [5, 5.41) is 0. The lowest BCUT2D eigenvalue weighted by atomic mass is 10.1. The van der Waals surface area contributed by atoms with Crippen molar-refractivity contribution >= 4 is 17.9 Å². The number of hydrogen-bond donors (Lipinski definition) is 0. The highest BCUT2D eigenvalue weighted by Gasteiger charge is 2.19. The van der Waals surface area contributed by atoms with Crippen LogP contribution >= 0.6 is 0 Å². The average Bonchev–Trinajstić information content (AvgIpc) is 3.30. The highest BCUT2D eigenvalue weighted by molar-refractivity contribution is 5.71. The molecule has 1 atom stereocenters. The topological polar surface area (TPSA) is 78.9 Å². The standard InChI is InChI=1S/C59H106O6/c1-4-7-10-13-16-19-22-24-26-28-29-31-32-34-37-40-43-46-49-52-58(61)64-55-56(54-63-57(60)51-48-45-42-39-36-21-18-15-12-9-6-3)65-59(62)53-50-47-44-41-38-35-33-30-27-25-23-20-17-14-11-8-5-2/h16-17,19-20,24-27,56H,4-15,18,21-23,28-55H2,1-3H3/b19-16-,20-17-,26-24-,27-25-/t56-/m1/s1. The molecule has 0 heterocycles. The maximum Gasteiger partial charge on any atom is 0.306 e. The fourth-order valence-electron chi connectivity index (χ4n) is 8.03. The third-order valence-corrected chi connectivity index (χ3v) is 12.3. The molecule has 0 aromatic carbocycles. The molecule has 0 aromatic rings. The molecule has 0 aliphatic heterocycles. The van der Waals surface area contributed by atoms with Crippen LogP contribution in [-0.4, -0.2) is 37.2 Å². The number of rotatable bonds is 51. The molecule has 0 unspecified atom stereocenters. The lowest BCUT2D eigenvalue weighted by molar-refractivity contribution is -0.167. The van der Waals surface area contributed by atoms with E-state index in [0.717, 1.165) is 77.0 Å². The van der Waals surface area contributed by atoms with Crippen LogP contribution in [0.4, 0.5) is 0 Å². The maximum absolute atomic E-state index is 12.8. The smallest absolute Gasteiger partial charge is 0.306 e. The van der Waals surface area contributed by atoms with Gasteiger partial charge < -0.3 is 14.2 Å². The molecule has 378 valence electrons. The van der Waals surface area contributed by atoms with Crippen molar-refractivity contribution in [3.8, 4) is 0 Å². The van der Waals surface area contributed by atoms with Crippen LogP contribution in [0.3, 0.4) is 0 Å². The summed E-state index contributed by atoms with van der Waals surface area (Å²) in [5.41, 5.74) is 0. The van der Waals surface area contributed by atoms with Crippen LogP contribution in [0.1, 0.15) is 290 Å². The summed E-state index contributed by atoms with van der Waals surface area (Å²) >= 11 is 0. The molecule has 6 heteroatoms. The number of ether oxygens (including phenoxy) is 3. The summed E-state index contributed by atoms with van der Waals surface area (Å²) in [6, 6.07) is 0. The highest BCUT2D eigenvalue weighted by atomic mass is 16.6. The van der Waals surface area contributed by atoms with E-state index in [1.54, 1.807) is 0 Å². The molecule has 0 rings (SSSR count). The van der Waals surface area contributed by atoms with E-state index in [0.29, 0.717) is 19.3 Å². The second-order valence-corrected chi connectivity index (χ2v) is 18.8. The van der Waals surface area contributed by atoms with E-state index >= 15 is 0 Å². The largest absolute Gasteiger partial charge is 0.462 e. The highest BCUT2D eigenvalue weighted by Crippen LogP contribution is 2.16. The molecule has 0 spiro atoms. The number of carbonyl (C=O) groups excluding carboxylic acids is 3. The van der Waals surface area contributed by atoms with Crippen LogP contribution in [-0.2, 0) is 28.6 Å². The van der Waals surface area contributed by atoms with Crippen LogP contribution in [0.5, 0.6) is 0 Å². The summed E-state index contributed by atoms with van der Waals surface area (Å²) < 4.78 is 16.8. The Kier molecular flexibility index (Phi) is 51.8. The number of unbranched alkanes of at least 4 members (excludes halogenated alkanes) is 32. The van der Waals surface area contributed by atoms with Gasteiger partial charge in [-0.2, -0.15) is 0 Å². The number of hydrogen-bond acceptors (Lipinski definition) is 6. The second-order valence-electron chi connectivity index (χ2n) is 18.8. The van der Waals surface area contributed by atoms with Gasteiger partial charge in [0.05, 0.1) is 0 Å². The van der Waals surface area contributed by atoms with Gasteiger partial charge >= 0.3 is 17.9 Å². The Morgan fingerprint density at radius 1 is 0.308 bits per heavy atom. The predicted octanol–water partition coefficient (Wildman–Crippen LogP) is 18.7. The molecular formula is C59H106O6. The van der Waals surface area contributed by atoms with Gasteiger partial charge in [-0.05, 0) is 83.5 Å². The molecule has 0 saturated heterocycles. The Morgan fingerprint density at radius 2 is 0.554 bits per heavy atom. The van der Waals surface area contributed by atoms with Gasteiger partial charge in [-0.1, -0.05) is 236 Å². The lowest BCUT2D eigenvalue weighted by Crippen LogP contribution is -2.30. The summed E-state index contributed by atoms with van der Waals surface area (Å²) in [6.07, 6.45) is 65.2. The van der Waals surface area contributed by atoms with Crippen LogP contribution in [0.25, 0.3) is 0 Å². The van der Waals surface area contributed by atoms with Gasteiger partial charge in [0, 0.05) is 19.3 Å². The summed E-state index contributed by atoms with van der Waals surface area (Å²) in [4.78, 5) is 38.1. The molecule has 0 aliphatic rings. The van der Waals surface area contributed by atoms with Crippen molar-refractivity contribution < 1.29 is 28.6 Å². The van der Waals surface area contributed by atoms with E-state index in [-0.39, 0.29) is 31.1 Å². The van der Waals surface area contributed by atoms with E-state index in [9.17, 15) is 14.4 Å². The first kappa shape index (κ1) is 62.4. The third kappa shape index (κ3) is 52.2. The van der Waals surface area contributed by atoms with Crippen molar-refractivity contribution in [2.75, 3.05) is 13.2 Å². The Hall–Kier alpha value is -2.63. The Bertz CT molecular complexity index is 1140. The van der Waals surface area contributed by atoms with E-state index in [2.05, 4.69) is 69.4 Å². The number of carbonyl (C=O) groups is 3. The zero-order chi connectivity index (χ0) is 47.2. The average molecular weight is 911 g/mol. The molecule has 0 saturated carbocycles. The SMILES string of the molecule is CCCCC/C=C\C/C=C\CCCCCCCCCCCC(=O)OC[C@@H](COC(=O)CCCCCCCCCCCCC)OC(=O)CCCCCCCCC/C=C\C/C=C\CCCCC. The molecule has 6 nitrogen and oxygen atoms in total. The minimum Gasteiger partial charge on any atom is -0.462 e. The Balaban J connectivity index is 4.33. The summed E-state index contributed by atoms with van der Waals surface area (Å²) in [6.45, 7) is 6.60. The van der Waals surface area contributed by atoms with Crippen molar-refractivity contribution in [3.05, 3.63) is 48.6 Å². The van der Waals surface area contributed by atoms with Crippen LogP contribution < -0.4 is 0 Å². The van der Waals surface area contributed by atoms with Crippen molar-refractivity contribution in [2.24, 2.45) is 0 Å². The van der Waals surface area contributed by atoms with Gasteiger partial charge in [0.2, 0.25) is 0 Å². The molecule has 0 radical (unpaired) electrons. The first-order chi connectivity index (χ1) is 32.0. The monoisotopic (exact) mass is 911 g/mol. The summed E-state index contributed by atoms with van der Waals surface area (Å²) in [7, 11) is 0. The third-order valence-electron chi connectivity index (χ3n) is 12.3.